The molecule has 3 aromatic heterocycles. The summed E-state index contributed by atoms with van der Waals surface area (Å²) in [7, 11) is 0. The smallest absolute Gasteiger partial charge is 0.335 e. The minimum absolute atomic E-state index is 0.201. The summed E-state index contributed by atoms with van der Waals surface area (Å²) >= 11 is 0. The largest absolute Gasteiger partial charge is 0.478 e. The van der Waals surface area contributed by atoms with E-state index in [9.17, 15) is 9.59 Å². The third-order valence-electron chi connectivity index (χ3n) is 5.11. The van der Waals surface area contributed by atoms with Gasteiger partial charge >= 0.3 is 5.97 Å². The molecule has 0 aliphatic rings. The summed E-state index contributed by atoms with van der Waals surface area (Å²) in [5.41, 5.74) is 3.42. The number of aromatic carboxylic acids is 1. The Kier molecular flexibility index (Phi) is 4.14. The van der Waals surface area contributed by atoms with E-state index in [2.05, 4.69) is 15.2 Å². The fraction of sp³-hybridized carbons (Fsp3) is 0.0435. The number of nitrogens with zero attached hydrogens (tertiary/aromatic N) is 3. The average molecular weight is 396 g/mol. The molecule has 0 atom stereocenters. The third-order valence-corrected chi connectivity index (χ3v) is 5.11. The van der Waals surface area contributed by atoms with Crippen LogP contribution in [0.5, 0.6) is 0 Å². The Hall–Kier alpha value is -4.26. The van der Waals surface area contributed by atoms with Gasteiger partial charge in [0.05, 0.1) is 22.3 Å². The summed E-state index contributed by atoms with van der Waals surface area (Å²) in [4.78, 5) is 29.1. The molecule has 7 nitrogen and oxygen atoms in total. The van der Waals surface area contributed by atoms with E-state index >= 15 is 0 Å². The molecule has 5 aromatic rings. The van der Waals surface area contributed by atoms with Crippen LogP contribution in [0.2, 0.25) is 0 Å². The highest BCUT2D eigenvalue weighted by Gasteiger charge is 2.19. The number of rotatable bonds is 4. The van der Waals surface area contributed by atoms with E-state index in [-0.39, 0.29) is 11.1 Å². The fourth-order valence-electron chi connectivity index (χ4n) is 3.69. The zero-order chi connectivity index (χ0) is 20.7. The van der Waals surface area contributed by atoms with Gasteiger partial charge in [-0.05, 0) is 42.0 Å². The highest BCUT2D eigenvalue weighted by Crippen LogP contribution is 2.25. The van der Waals surface area contributed by atoms with E-state index in [4.69, 9.17) is 5.11 Å². The highest BCUT2D eigenvalue weighted by atomic mass is 16.4. The quantitative estimate of drug-likeness (QED) is 0.484. The molecule has 0 bridgehead atoms. The number of nitrogens with one attached hydrogen (secondary N) is 1. The van der Waals surface area contributed by atoms with Crippen molar-refractivity contribution in [3.63, 3.8) is 0 Å². The Morgan fingerprint density at radius 2 is 1.77 bits per heavy atom. The van der Waals surface area contributed by atoms with Crippen LogP contribution in [0, 0.1) is 0 Å². The van der Waals surface area contributed by atoms with Crippen molar-refractivity contribution in [1.82, 2.24) is 19.7 Å². The number of hydrogen-bond donors (Lipinski definition) is 2. The van der Waals surface area contributed by atoms with Crippen molar-refractivity contribution in [2.45, 2.75) is 6.42 Å². The lowest BCUT2D eigenvalue weighted by Gasteiger charge is -2.10. The van der Waals surface area contributed by atoms with Crippen molar-refractivity contribution in [2.75, 3.05) is 0 Å². The van der Waals surface area contributed by atoms with Crippen LogP contribution in [0.4, 0.5) is 0 Å². The molecule has 0 radical (unpaired) electrons. The van der Waals surface area contributed by atoms with Gasteiger partial charge in [0.1, 0.15) is 11.2 Å². The molecule has 0 unspecified atom stereocenters. The normalized spacial score (nSPS) is 11.2. The van der Waals surface area contributed by atoms with Gasteiger partial charge in [0.2, 0.25) is 0 Å². The van der Waals surface area contributed by atoms with Gasteiger partial charge in [-0.2, -0.15) is 5.10 Å². The average Bonchev–Trinajstić information content (AvgIpc) is 3.19. The number of hydrogen-bond acceptors (Lipinski definition) is 4. The number of fused-ring (bicyclic) bond motifs is 3. The molecule has 7 heteroatoms. The van der Waals surface area contributed by atoms with Gasteiger partial charge in [0, 0.05) is 18.0 Å². The maximum Gasteiger partial charge on any atom is 0.335 e. The Morgan fingerprint density at radius 1 is 1.00 bits per heavy atom. The van der Waals surface area contributed by atoms with E-state index < -0.39 is 5.97 Å². The standard InChI is InChI=1S/C23H16N4O3/c28-22-19-18(13-14-8-10-15(11-9-14)23(29)30)25-26-20(19)17-7-4-12-24-21(17)27(22)16-5-2-1-3-6-16/h1-12H,13H2,(H,25,26)(H,29,30). The summed E-state index contributed by atoms with van der Waals surface area (Å²) < 4.78 is 1.60. The number of aromatic amines is 1. The van der Waals surface area contributed by atoms with E-state index in [1.165, 1.54) is 0 Å². The molecule has 0 saturated heterocycles. The van der Waals surface area contributed by atoms with Crippen molar-refractivity contribution in [3.8, 4) is 5.69 Å². The first kappa shape index (κ1) is 17.8. The molecule has 2 aromatic carbocycles. The molecular weight excluding hydrogens is 380 g/mol. The maximum atomic E-state index is 13.5. The van der Waals surface area contributed by atoms with Crippen LogP contribution in [0.1, 0.15) is 21.6 Å². The first-order chi connectivity index (χ1) is 14.6. The summed E-state index contributed by atoms with van der Waals surface area (Å²) in [6.45, 7) is 0. The molecule has 0 spiro atoms. The first-order valence-corrected chi connectivity index (χ1v) is 9.38. The SMILES string of the molecule is O=C(O)c1ccc(Cc2[nH]nc3c2c(=O)n(-c2ccccc2)c2ncccc32)cc1. The van der Waals surface area contributed by atoms with Crippen LogP contribution in [0.25, 0.3) is 27.6 Å². The summed E-state index contributed by atoms with van der Waals surface area (Å²) in [5, 5.41) is 17.8. The molecule has 0 amide bonds. The van der Waals surface area contributed by atoms with Crippen molar-refractivity contribution < 1.29 is 9.90 Å². The predicted molar refractivity (Wildman–Crippen MR) is 113 cm³/mol. The van der Waals surface area contributed by atoms with Gasteiger partial charge in [-0.15, -0.1) is 0 Å². The number of benzene rings is 2. The summed E-state index contributed by atoms with van der Waals surface area (Å²) in [6.07, 6.45) is 2.08. The minimum atomic E-state index is -0.974. The monoisotopic (exact) mass is 396 g/mol. The summed E-state index contributed by atoms with van der Waals surface area (Å²) in [6, 6.07) is 19.7. The Balaban J connectivity index is 1.73. The molecule has 30 heavy (non-hydrogen) atoms. The summed E-state index contributed by atoms with van der Waals surface area (Å²) in [5.74, 6) is -0.974. The maximum absolute atomic E-state index is 13.5. The molecule has 0 fully saturated rings. The van der Waals surface area contributed by atoms with Gasteiger partial charge < -0.3 is 5.11 Å². The second kappa shape index (κ2) is 6.97. The molecule has 2 N–H and O–H groups in total. The number of para-hydroxylation sites is 1. The number of H-pyrrole nitrogens is 1. The van der Waals surface area contributed by atoms with Gasteiger partial charge in [0.25, 0.3) is 5.56 Å². The van der Waals surface area contributed by atoms with E-state index in [0.29, 0.717) is 28.7 Å². The lowest BCUT2D eigenvalue weighted by Crippen LogP contribution is -2.20. The number of carboxylic acid groups (broad SMARTS) is 1. The second-order valence-electron chi connectivity index (χ2n) is 6.96. The van der Waals surface area contributed by atoms with E-state index in [1.54, 1.807) is 35.0 Å². The van der Waals surface area contributed by atoms with Crippen molar-refractivity contribution in [2.24, 2.45) is 0 Å². The van der Waals surface area contributed by atoms with Crippen LogP contribution >= 0.6 is 0 Å². The van der Waals surface area contributed by atoms with Crippen LogP contribution in [0.15, 0.2) is 77.7 Å². The molecule has 5 rings (SSSR count). The Labute approximate surface area is 170 Å². The zero-order valence-corrected chi connectivity index (χ0v) is 15.7. The topological polar surface area (TPSA) is 101 Å². The number of carboxylic acids is 1. The molecule has 3 heterocycles. The molecular formula is C23H16N4O3. The van der Waals surface area contributed by atoms with Crippen LogP contribution in [-0.4, -0.2) is 30.8 Å². The van der Waals surface area contributed by atoms with Gasteiger partial charge in [-0.25, -0.2) is 9.78 Å². The van der Waals surface area contributed by atoms with Crippen LogP contribution in [-0.2, 0) is 6.42 Å². The highest BCUT2D eigenvalue weighted by molar-refractivity contribution is 6.03. The lowest BCUT2D eigenvalue weighted by atomic mass is 10.0. The van der Waals surface area contributed by atoms with Gasteiger partial charge in [-0.1, -0.05) is 30.3 Å². The molecule has 0 aliphatic carbocycles. The van der Waals surface area contributed by atoms with E-state index in [1.807, 2.05) is 42.5 Å². The van der Waals surface area contributed by atoms with Crippen molar-refractivity contribution in [1.29, 1.82) is 0 Å². The molecule has 0 saturated carbocycles. The van der Waals surface area contributed by atoms with Crippen LogP contribution < -0.4 is 5.56 Å². The van der Waals surface area contributed by atoms with Crippen molar-refractivity contribution >= 4 is 27.9 Å². The number of aromatic nitrogens is 4. The first-order valence-electron chi connectivity index (χ1n) is 9.38. The Bertz CT molecular complexity index is 1450. The number of carbonyl (C=O) groups is 1. The number of pyridine rings is 2. The third kappa shape index (κ3) is 2.84. The Morgan fingerprint density at radius 3 is 2.50 bits per heavy atom. The zero-order valence-electron chi connectivity index (χ0n) is 15.7. The molecule has 0 aliphatic heterocycles. The van der Waals surface area contributed by atoms with Crippen LogP contribution in [0.3, 0.4) is 0 Å². The van der Waals surface area contributed by atoms with Gasteiger partial charge in [-0.3, -0.25) is 14.5 Å². The minimum Gasteiger partial charge on any atom is -0.478 e. The second-order valence-corrected chi connectivity index (χ2v) is 6.96. The fourth-order valence-corrected chi connectivity index (χ4v) is 3.69. The lowest BCUT2D eigenvalue weighted by molar-refractivity contribution is 0.0697. The van der Waals surface area contributed by atoms with Crippen molar-refractivity contribution in [3.05, 3.63) is 100 Å². The predicted octanol–water partition coefficient (Wildman–Crippen LogP) is 3.55. The van der Waals surface area contributed by atoms with E-state index in [0.717, 1.165) is 16.6 Å². The molecule has 146 valence electrons. The van der Waals surface area contributed by atoms with Gasteiger partial charge in [0.15, 0.2) is 0 Å².